The van der Waals surface area contributed by atoms with Crippen molar-refractivity contribution in [2.45, 2.75) is 63.7 Å². The highest BCUT2D eigenvalue weighted by atomic mass is 32.2. The van der Waals surface area contributed by atoms with Crippen LogP contribution in [0, 0.1) is 12.3 Å². The van der Waals surface area contributed by atoms with Gasteiger partial charge in [0, 0.05) is 5.39 Å². The Hall–Kier alpha value is -1.48. The molecule has 2 aromatic carbocycles. The van der Waals surface area contributed by atoms with E-state index < -0.39 is 20.2 Å². The maximum atomic E-state index is 12.0. The minimum Gasteiger partial charge on any atom is -0.282 e. The van der Waals surface area contributed by atoms with Crippen molar-refractivity contribution in [1.82, 2.24) is 0 Å². The SMILES string of the molecule is CCc1ccc(S(=O)(=O)O)c2cc(S(=O)(=O)O)c(C)c(C(C)C(C)(C)C)c12. The van der Waals surface area contributed by atoms with Crippen LogP contribution in [0.3, 0.4) is 0 Å². The molecule has 0 bridgehead atoms. The van der Waals surface area contributed by atoms with E-state index in [0.29, 0.717) is 22.9 Å². The smallest absolute Gasteiger partial charge is 0.282 e. The van der Waals surface area contributed by atoms with Crippen molar-refractivity contribution in [2.24, 2.45) is 5.41 Å². The summed E-state index contributed by atoms with van der Waals surface area (Å²) in [5, 5.41) is 0.709. The van der Waals surface area contributed by atoms with Gasteiger partial charge < -0.3 is 0 Å². The third kappa shape index (κ3) is 4.03. The average molecular weight is 415 g/mol. The van der Waals surface area contributed by atoms with Crippen molar-refractivity contribution < 1.29 is 25.9 Å². The van der Waals surface area contributed by atoms with Crippen molar-refractivity contribution in [3.8, 4) is 0 Å². The van der Waals surface area contributed by atoms with Gasteiger partial charge in [0.25, 0.3) is 20.2 Å². The molecule has 0 spiro atoms. The van der Waals surface area contributed by atoms with E-state index in [9.17, 15) is 25.9 Å². The van der Waals surface area contributed by atoms with Gasteiger partial charge in [-0.25, -0.2) is 0 Å². The fraction of sp³-hybridized carbons (Fsp3) is 0.474. The van der Waals surface area contributed by atoms with Crippen molar-refractivity contribution in [3.63, 3.8) is 0 Å². The maximum absolute atomic E-state index is 12.0. The molecule has 150 valence electrons. The monoisotopic (exact) mass is 414 g/mol. The van der Waals surface area contributed by atoms with Crippen LogP contribution < -0.4 is 0 Å². The van der Waals surface area contributed by atoms with E-state index in [-0.39, 0.29) is 26.5 Å². The molecule has 0 saturated carbocycles. The summed E-state index contributed by atoms with van der Waals surface area (Å²) in [5.74, 6) is -0.149. The molecule has 2 aromatic rings. The standard InChI is InChI=1S/C19H26O6S2/c1-7-13-8-9-15(26(20,21)22)14-10-16(27(23,24)25)11(2)17(18(13)14)12(3)19(4,5)6/h8-10,12H,7H2,1-6H3,(H,20,21,22)(H,23,24,25). The fourth-order valence-corrected chi connectivity index (χ4v) is 4.87. The third-order valence-corrected chi connectivity index (χ3v) is 7.17. The quantitative estimate of drug-likeness (QED) is 0.720. The topological polar surface area (TPSA) is 109 Å². The van der Waals surface area contributed by atoms with Gasteiger partial charge in [-0.05, 0) is 58.9 Å². The van der Waals surface area contributed by atoms with Gasteiger partial charge >= 0.3 is 0 Å². The first-order valence-corrected chi connectivity index (χ1v) is 11.5. The van der Waals surface area contributed by atoms with Crippen molar-refractivity contribution in [3.05, 3.63) is 34.9 Å². The molecule has 0 radical (unpaired) electrons. The lowest BCUT2D eigenvalue weighted by molar-refractivity contribution is 0.339. The third-order valence-electron chi connectivity index (χ3n) is 5.28. The summed E-state index contributed by atoms with van der Waals surface area (Å²) in [4.78, 5) is -0.721. The molecule has 0 aliphatic carbocycles. The molecule has 2 rings (SSSR count). The van der Waals surface area contributed by atoms with Gasteiger partial charge in [0.1, 0.15) is 4.90 Å². The summed E-state index contributed by atoms with van der Waals surface area (Å²) in [6.07, 6.45) is 0.594. The molecule has 0 aliphatic heterocycles. The molecule has 1 unspecified atom stereocenters. The second-order valence-corrected chi connectivity index (χ2v) is 10.7. The molecule has 0 saturated heterocycles. The Kier molecular flexibility index (Phi) is 5.53. The molecule has 0 aromatic heterocycles. The molecule has 27 heavy (non-hydrogen) atoms. The van der Waals surface area contributed by atoms with E-state index in [1.54, 1.807) is 13.0 Å². The summed E-state index contributed by atoms with van der Waals surface area (Å²) in [5.41, 5.74) is 1.63. The van der Waals surface area contributed by atoms with Crippen LogP contribution in [0.5, 0.6) is 0 Å². The van der Waals surface area contributed by atoms with Gasteiger partial charge in [0.2, 0.25) is 0 Å². The summed E-state index contributed by atoms with van der Waals surface area (Å²) < 4.78 is 67.2. The highest BCUT2D eigenvalue weighted by Crippen LogP contribution is 2.44. The van der Waals surface area contributed by atoms with Crippen LogP contribution in [-0.4, -0.2) is 25.9 Å². The van der Waals surface area contributed by atoms with Crippen LogP contribution in [0.15, 0.2) is 28.0 Å². The van der Waals surface area contributed by atoms with Gasteiger partial charge in [0.05, 0.1) is 4.90 Å². The van der Waals surface area contributed by atoms with Crippen LogP contribution in [0.1, 0.15) is 57.2 Å². The summed E-state index contributed by atoms with van der Waals surface area (Å²) in [7, 11) is -9.17. The van der Waals surface area contributed by atoms with E-state index >= 15 is 0 Å². The Bertz CT molecular complexity index is 1110. The molecule has 0 aliphatic rings. The van der Waals surface area contributed by atoms with Crippen LogP contribution in [0.2, 0.25) is 0 Å². The second kappa shape index (κ2) is 6.84. The highest BCUT2D eigenvalue weighted by Gasteiger charge is 2.30. The van der Waals surface area contributed by atoms with Crippen LogP contribution >= 0.6 is 0 Å². The number of aryl methyl sites for hydroxylation is 1. The normalized spacial score (nSPS) is 14.5. The molecule has 0 fully saturated rings. The Morgan fingerprint density at radius 2 is 1.52 bits per heavy atom. The minimum atomic E-state index is -4.58. The number of hydrogen-bond donors (Lipinski definition) is 2. The van der Waals surface area contributed by atoms with Gasteiger partial charge in [0.15, 0.2) is 0 Å². The fourth-order valence-electron chi connectivity index (χ4n) is 3.43. The molecule has 8 heteroatoms. The first kappa shape index (κ1) is 21.8. The Balaban J connectivity index is 3.25. The van der Waals surface area contributed by atoms with E-state index in [1.165, 1.54) is 6.07 Å². The number of rotatable bonds is 4. The zero-order chi connectivity index (χ0) is 20.9. The van der Waals surface area contributed by atoms with Crippen molar-refractivity contribution in [1.29, 1.82) is 0 Å². The lowest BCUT2D eigenvalue weighted by Crippen LogP contribution is -2.19. The predicted octanol–water partition coefficient (Wildman–Crippen LogP) is 4.35. The Morgan fingerprint density at radius 1 is 1.00 bits per heavy atom. The largest absolute Gasteiger partial charge is 0.295 e. The minimum absolute atomic E-state index is 0.0983. The molecular weight excluding hydrogens is 388 g/mol. The zero-order valence-electron chi connectivity index (χ0n) is 16.4. The number of hydrogen-bond acceptors (Lipinski definition) is 4. The summed E-state index contributed by atoms with van der Waals surface area (Å²) in [6, 6.07) is 4.04. The van der Waals surface area contributed by atoms with Crippen molar-refractivity contribution >= 4 is 31.0 Å². The predicted molar refractivity (Wildman–Crippen MR) is 106 cm³/mol. The Morgan fingerprint density at radius 3 is 1.93 bits per heavy atom. The Labute approximate surface area is 161 Å². The lowest BCUT2D eigenvalue weighted by atomic mass is 9.74. The van der Waals surface area contributed by atoms with E-state index in [0.717, 1.165) is 11.6 Å². The van der Waals surface area contributed by atoms with Gasteiger partial charge in [-0.3, -0.25) is 9.11 Å². The number of fused-ring (bicyclic) bond motifs is 1. The van der Waals surface area contributed by atoms with Gasteiger partial charge in [-0.1, -0.05) is 40.7 Å². The van der Waals surface area contributed by atoms with E-state index in [4.69, 9.17) is 0 Å². The van der Waals surface area contributed by atoms with E-state index in [2.05, 4.69) is 0 Å². The zero-order valence-corrected chi connectivity index (χ0v) is 18.0. The van der Waals surface area contributed by atoms with Crippen LogP contribution in [0.25, 0.3) is 10.8 Å². The van der Waals surface area contributed by atoms with Crippen molar-refractivity contribution in [2.75, 3.05) is 0 Å². The molecule has 6 nitrogen and oxygen atoms in total. The first-order chi connectivity index (χ1) is 12.1. The lowest BCUT2D eigenvalue weighted by Gasteiger charge is -2.31. The average Bonchev–Trinajstić information content (AvgIpc) is 2.49. The molecular formula is C19H26O6S2. The van der Waals surface area contributed by atoms with Crippen LogP contribution in [0.4, 0.5) is 0 Å². The molecule has 0 amide bonds. The first-order valence-electron chi connectivity index (χ1n) is 8.64. The maximum Gasteiger partial charge on any atom is 0.295 e. The second-order valence-electron chi connectivity index (χ2n) is 7.95. The van der Waals surface area contributed by atoms with E-state index in [1.807, 2.05) is 34.6 Å². The van der Waals surface area contributed by atoms with Crippen LogP contribution in [-0.2, 0) is 26.7 Å². The molecule has 1 atom stereocenters. The highest BCUT2D eigenvalue weighted by molar-refractivity contribution is 7.86. The molecule has 2 N–H and O–H groups in total. The van der Waals surface area contributed by atoms with Gasteiger partial charge in [-0.15, -0.1) is 0 Å². The molecule has 0 heterocycles. The van der Waals surface area contributed by atoms with Gasteiger partial charge in [-0.2, -0.15) is 16.8 Å². The summed E-state index contributed by atoms with van der Waals surface area (Å²) in [6.45, 7) is 11.5. The number of benzene rings is 2. The summed E-state index contributed by atoms with van der Waals surface area (Å²) >= 11 is 0.